The molecule has 20 heavy (non-hydrogen) atoms. The highest BCUT2D eigenvalue weighted by molar-refractivity contribution is 5.32. The van der Waals surface area contributed by atoms with Gasteiger partial charge in [-0.25, -0.2) is 0 Å². The van der Waals surface area contributed by atoms with Crippen LogP contribution >= 0.6 is 0 Å². The lowest BCUT2D eigenvalue weighted by Crippen LogP contribution is -2.24. The molecule has 2 nitrogen and oxygen atoms in total. The highest BCUT2D eigenvalue weighted by atomic mass is 16.3. The van der Waals surface area contributed by atoms with Crippen molar-refractivity contribution < 1.29 is 5.11 Å². The van der Waals surface area contributed by atoms with Crippen LogP contribution in [0.5, 0.6) is 0 Å². The predicted octanol–water partition coefficient (Wildman–Crippen LogP) is 3.47. The quantitative estimate of drug-likeness (QED) is 0.898. The maximum absolute atomic E-state index is 10.4. The van der Waals surface area contributed by atoms with Crippen LogP contribution in [-0.2, 0) is 6.54 Å². The summed E-state index contributed by atoms with van der Waals surface area (Å²) in [6.07, 6.45) is -0.441. The van der Waals surface area contributed by atoms with Gasteiger partial charge in [0.2, 0.25) is 0 Å². The molecule has 106 valence electrons. The Labute approximate surface area is 121 Å². The van der Waals surface area contributed by atoms with Crippen LogP contribution < -0.4 is 0 Å². The first-order valence-corrected chi connectivity index (χ1v) is 7.04. The van der Waals surface area contributed by atoms with Crippen molar-refractivity contribution in [2.45, 2.75) is 26.5 Å². The number of aliphatic hydroxyl groups excluding tert-OH is 1. The molecule has 0 radical (unpaired) electrons. The van der Waals surface area contributed by atoms with Gasteiger partial charge in [0.15, 0.2) is 0 Å². The molecule has 0 spiro atoms. The SMILES string of the molecule is Cc1ccc(C)c(C(O)CN(C)Cc2ccccc2)c1. The molecule has 2 rings (SSSR count). The first-order valence-electron chi connectivity index (χ1n) is 7.04. The third-order valence-corrected chi connectivity index (χ3v) is 3.57. The largest absolute Gasteiger partial charge is 0.387 e. The lowest BCUT2D eigenvalue weighted by molar-refractivity contribution is 0.123. The van der Waals surface area contributed by atoms with Gasteiger partial charge < -0.3 is 5.11 Å². The minimum atomic E-state index is -0.441. The van der Waals surface area contributed by atoms with Crippen molar-refractivity contribution in [1.82, 2.24) is 4.90 Å². The van der Waals surface area contributed by atoms with Crippen molar-refractivity contribution in [3.05, 3.63) is 70.8 Å². The van der Waals surface area contributed by atoms with Gasteiger partial charge in [0, 0.05) is 13.1 Å². The Bertz CT molecular complexity index is 551. The number of aryl methyl sites for hydroxylation is 2. The summed E-state index contributed by atoms with van der Waals surface area (Å²) in [5.74, 6) is 0. The van der Waals surface area contributed by atoms with E-state index in [0.29, 0.717) is 6.54 Å². The molecular formula is C18H23NO. The third kappa shape index (κ3) is 3.92. The molecule has 0 saturated carbocycles. The van der Waals surface area contributed by atoms with Crippen molar-refractivity contribution in [2.75, 3.05) is 13.6 Å². The number of nitrogens with zero attached hydrogens (tertiary/aromatic N) is 1. The molecule has 1 unspecified atom stereocenters. The van der Waals surface area contributed by atoms with E-state index in [1.165, 1.54) is 11.1 Å². The van der Waals surface area contributed by atoms with E-state index in [1.807, 2.05) is 25.2 Å². The molecule has 0 aliphatic rings. The summed E-state index contributed by atoms with van der Waals surface area (Å²) in [5, 5.41) is 10.4. The predicted molar refractivity (Wildman–Crippen MR) is 83.7 cm³/mol. The minimum Gasteiger partial charge on any atom is -0.387 e. The van der Waals surface area contributed by atoms with E-state index in [4.69, 9.17) is 0 Å². The highest BCUT2D eigenvalue weighted by Gasteiger charge is 2.13. The zero-order chi connectivity index (χ0) is 14.5. The maximum Gasteiger partial charge on any atom is 0.0919 e. The Hall–Kier alpha value is -1.64. The zero-order valence-corrected chi connectivity index (χ0v) is 12.5. The highest BCUT2D eigenvalue weighted by Crippen LogP contribution is 2.20. The van der Waals surface area contributed by atoms with Gasteiger partial charge in [0.05, 0.1) is 6.10 Å². The fourth-order valence-corrected chi connectivity index (χ4v) is 2.47. The number of benzene rings is 2. The first kappa shape index (κ1) is 14.8. The number of likely N-dealkylation sites (N-methyl/N-ethyl adjacent to an activating group) is 1. The van der Waals surface area contributed by atoms with Crippen molar-refractivity contribution in [2.24, 2.45) is 0 Å². The molecule has 0 saturated heterocycles. The first-order chi connectivity index (χ1) is 9.56. The van der Waals surface area contributed by atoms with Crippen molar-refractivity contribution >= 4 is 0 Å². The Kier molecular flexibility index (Phi) is 4.94. The smallest absolute Gasteiger partial charge is 0.0919 e. The van der Waals surface area contributed by atoms with Crippen LogP contribution in [0.25, 0.3) is 0 Å². The minimum absolute atomic E-state index is 0.441. The van der Waals surface area contributed by atoms with Gasteiger partial charge in [-0.15, -0.1) is 0 Å². The van der Waals surface area contributed by atoms with Gasteiger partial charge in [-0.1, -0.05) is 54.1 Å². The summed E-state index contributed by atoms with van der Waals surface area (Å²) in [6.45, 7) is 5.60. The van der Waals surface area contributed by atoms with Gasteiger partial charge in [0.1, 0.15) is 0 Å². The molecule has 1 atom stereocenters. The van der Waals surface area contributed by atoms with E-state index in [2.05, 4.69) is 49.1 Å². The van der Waals surface area contributed by atoms with E-state index in [9.17, 15) is 5.11 Å². The summed E-state index contributed by atoms with van der Waals surface area (Å²) in [5.41, 5.74) is 4.64. The number of hydrogen-bond donors (Lipinski definition) is 1. The second-order valence-electron chi connectivity index (χ2n) is 5.56. The number of hydrogen-bond acceptors (Lipinski definition) is 2. The maximum atomic E-state index is 10.4. The molecule has 2 aromatic rings. The van der Waals surface area contributed by atoms with Gasteiger partial charge in [0.25, 0.3) is 0 Å². The normalized spacial score (nSPS) is 12.7. The summed E-state index contributed by atoms with van der Waals surface area (Å²) in [6, 6.07) is 16.6. The van der Waals surface area contributed by atoms with Crippen LogP contribution in [0, 0.1) is 13.8 Å². The molecule has 0 aliphatic carbocycles. The van der Waals surface area contributed by atoms with Crippen LogP contribution in [-0.4, -0.2) is 23.6 Å². The van der Waals surface area contributed by atoms with Gasteiger partial charge in [-0.2, -0.15) is 0 Å². The van der Waals surface area contributed by atoms with E-state index in [0.717, 1.165) is 17.7 Å². The van der Waals surface area contributed by atoms with Crippen molar-refractivity contribution in [1.29, 1.82) is 0 Å². The second-order valence-corrected chi connectivity index (χ2v) is 5.56. The summed E-state index contributed by atoms with van der Waals surface area (Å²) < 4.78 is 0. The van der Waals surface area contributed by atoms with Crippen LogP contribution in [0.3, 0.4) is 0 Å². The summed E-state index contributed by atoms with van der Waals surface area (Å²) >= 11 is 0. The van der Waals surface area contributed by atoms with E-state index in [-0.39, 0.29) is 0 Å². The molecule has 0 bridgehead atoms. The average Bonchev–Trinajstić information content (AvgIpc) is 2.42. The van der Waals surface area contributed by atoms with Crippen LogP contribution in [0.1, 0.15) is 28.4 Å². The Morgan fingerprint density at radius 2 is 1.75 bits per heavy atom. The summed E-state index contributed by atoms with van der Waals surface area (Å²) in [4.78, 5) is 2.15. The Morgan fingerprint density at radius 3 is 2.45 bits per heavy atom. The van der Waals surface area contributed by atoms with E-state index in [1.54, 1.807) is 0 Å². The molecule has 0 fully saturated rings. The number of rotatable bonds is 5. The molecule has 2 aromatic carbocycles. The fraction of sp³-hybridized carbons (Fsp3) is 0.333. The van der Waals surface area contributed by atoms with Gasteiger partial charge in [-0.3, -0.25) is 4.90 Å². The lowest BCUT2D eigenvalue weighted by atomic mass is 10.0. The van der Waals surface area contributed by atoms with Gasteiger partial charge in [-0.05, 0) is 37.6 Å². The molecule has 0 aliphatic heterocycles. The van der Waals surface area contributed by atoms with Crippen molar-refractivity contribution in [3.8, 4) is 0 Å². The molecule has 0 aromatic heterocycles. The standard InChI is InChI=1S/C18H23NO/c1-14-9-10-15(2)17(11-14)18(20)13-19(3)12-16-7-5-4-6-8-16/h4-11,18,20H,12-13H2,1-3H3. The van der Waals surface area contributed by atoms with Crippen LogP contribution in [0.15, 0.2) is 48.5 Å². The Balaban J connectivity index is 2.00. The van der Waals surface area contributed by atoms with E-state index >= 15 is 0 Å². The molecular weight excluding hydrogens is 246 g/mol. The third-order valence-electron chi connectivity index (χ3n) is 3.57. The van der Waals surface area contributed by atoms with Crippen LogP contribution in [0.2, 0.25) is 0 Å². The monoisotopic (exact) mass is 269 g/mol. The fourth-order valence-electron chi connectivity index (χ4n) is 2.47. The van der Waals surface area contributed by atoms with Crippen molar-refractivity contribution in [3.63, 3.8) is 0 Å². The average molecular weight is 269 g/mol. The molecule has 0 heterocycles. The molecule has 2 heteroatoms. The van der Waals surface area contributed by atoms with Crippen LogP contribution in [0.4, 0.5) is 0 Å². The zero-order valence-electron chi connectivity index (χ0n) is 12.5. The second kappa shape index (κ2) is 6.69. The molecule has 1 N–H and O–H groups in total. The Morgan fingerprint density at radius 1 is 1.05 bits per heavy atom. The topological polar surface area (TPSA) is 23.5 Å². The van der Waals surface area contributed by atoms with Gasteiger partial charge >= 0.3 is 0 Å². The summed E-state index contributed by atoms with van der Waals surface area (Å²) in [7, 11) is 2.04. The lowest BCUT2D eigenvalue weighted by Gasteiger charge is -2.22. The molecule has 0 amide bonds. The number of aliphatic hydroxyl groups is 1. The van der Waals surface area contributed by atoms with E-state index < -0.39 is 6.10 Å².